The van der Waals surface area contributed by atoms with Crippen LogP contribution in [0.25, 0.3) is 0 Å². The second-order valence-electron chi connectivity index (χ2n) is 4.47. The van der Waals surface area contributed by atoms with E-state index in [1.165, 1.54) is 0 Å². The molecule has 5 nitrogen and oxygen atoms in total. The van der Waals surface area contributed by atoms with E-state index in [2.05, 4.69) is 29.4 Å². The van der Waals surface area contributed by atoms with Crippen molar-refractivity contribution in [1.82, 2.24) is 24.9 Å². The van der Waals surface area contributed by atoms with E-state index in [1.54, 1.807) is 12.4 Å². The summed E-state index contributed by atoms with van der Waals surface area (Å²) < 4.78 is 3.84. The molecular weight excluding hydrogens is 262 g/mol. The lowest BCUT2D eigenvalue weighted by Gasteiger charge is -2.20. The summed E-state index contributed by atoms with van der Waals surface area (Å²) in [5.41, 5.74) is 2.09. The smallest absolute Gasteiger partial charge is 0.0933 e. The van der Waals surface area contributed by atoms with Gasteiger partial charge in [-0.3, -0.25) is 9.36 Å². The summed E-state index contributed by atoms with van der Waals surface area (Å²) in [6.45, 7) is 5.93. The highest BCUT2D eigenvalue weighted by Gasteiger charge is 2.23. The summed E-state index contributed by atoms with van der Waals surface area (Å²) in [5.74, 6) is 0. The Balaban J connectivity index is 2.44. The molecular formula is C13H20ClN5. The Kier molecular flexibility index (Phi) is 4.61. The molecule has 2 rings (SSSR count). The van der Waals surface area contributed by atoms with E-state index >= 15 is 0 Å². The fourth-order valence-electron chi connectivity index (χ4n) is 2.26. The summed E-state index contributed by atoms with van der Waals surface area (Å²) >= 11 is 6.33. The van der Waals surface area contributed by atoms with Crippen molar-refractivity contribution in [1.29, 1.82) is 0 Å². The van der Waals surface area contributed by atoms with Crippen LogP contribution in [0.2, 0.25) is 5.02 Å². The number of hydrogen-bond acceptors (Lipinski definition) is 3. The van der Waals surface area contributed by atoms with Gasteiger partial charge in [-0.2, -0.15) is 10.2 Å². The van der Waals surface area contributed by atoms with Crippen LogP contribution < -0.4 is 5.32 Å². The lowest BCUT2D eigenvalue weighted by molar-refractivity contribution is 0.500. The highest BCUT2D eigenvalue weighted by atomic mass is 35.5. The largest absolute Gasteiger partial charge is 0.304 e. The molecule has 1 N–H and O–H groups in total. The van der Waals surface area contributed by atoms with E-state index in [9.17, 15) is 0 Å². The van der Waals surface area contributed by atoms with Crippen molar-refractivity contribution in [3.05, 3.63) is 34.9 Å². The quantitative estimate of drug-likeness (QED) is 0.884. The van der Waals surface area contributed by atoms with Crippen LogP contribution in [-0.4, -0.2) is 26.1 Å². The van der Waals surface area contributed by atoms with Crippen LogP contribution in [0.15, 0.2) is 18.5 Å². The fourth-order valence-corrected chi connectivity index (χ4v) is 2.51. The Hall–Kier alpha value is -1.33. The zero-order valence-corrected chi connectivity index (χ0v) is 12.4. The van der Waals surface area contributed by atoms with Crippen molar-refractivity contribution >= 4 is 11.6 Å². The van der Waals surface area contributed by atoms with Crippen molar-refractivity contribution in [2.24, 2.45) is 7.05 Å². The first kappa shape index (κ1) is 14.1. The molecule has 0 aliphatic carbocycles. The Morgan fingerprint density at radius 2 is 2.16 bits per heavy atom. The van der Waals surface area contributed by atoms with Gasteiger partial charge in [-0.05, 0) is 19.0 Å². The molecule has 0 spiro atoms. The van der Waals surface area contributed by atoms with E-state index < -0.39 is 0 Å². The van der Waals surface area contributed by atoms with Crippen molar-refractivity contribution in [2.45, 2.75) is 32.9 Å². The molecule has 0 amide bonds. The molecule has 1 unspecified atom stereocenters. The zero-order valence-electron chi connectivity index (χ0n) is 11.6. The van der Waals surface area contributed by atoms with E-state index in [1.807, 2.05) is 22.5 Å². The van der Waals surface area contributed by atoms with E-state index in [0.29, 0.717) is 5.02 Å². The van der Waals surface area contributed by atoms with Crippen LogP contribution in [0.5, 0.6) is 0 Å². The molecule has 6 heteroatoms. The minimum absolute atomic E-state index is 0.0130. The first-order chi connectivity index (χ1) is 9.19. The number of halogens is 1. The first-order valence-electron chi connectivity index (χ1n) is 6.61. The first-order valence-corrected chi connectivity index (χ1v) is 6.99. The van der Waals surface area contributed by atoms with Gasteiger partial charge in [0.25, 0.3) is 0 Å². The fraction of sp³-hybridized carbons (Fsp3) is 0.538. The predicted octanol–water partition coefficient (Wildman–Crippen LogP) is 2.38. The molecule has 0 saturated carbocycles. The minimum atomic E-state index is 0.0130. The molecule has 0 radical (unpaired) electrons. The van der Waals surface area contributed by atoms with Crippen molar-refractivity contribution in [3.8, 4) is 0 Å². The van der Waals surface area contributed by atoms with Gasteiger partial charge in [-0.25, -0.2) is 0 Å². The van der Waals surface area contributed by atoms with Gasteiger partial charge in [0.15, 0.2) is 0 Å². The van der Waals surface area contributed by atoms with Crippen molar-refractivity contribution < 1.29 is 0 Å². The predicted molar refractivity (Wildman–Crippen MR) is 76.3 cm³/mol. The SMILES string of the molecule is CCCn1ncc(Cl)c1C(NCC)c1ccnn1C. The Labute approximate surface area is 118 Å². The van der Waals surface area contributed by atoms with E-state index in [0.717, 1.165) is 30.9 Å². The second kappa shape index (κ2) is 6.21. The highest BCUT2D eigenvalue weighted by molar-refractivity contribution is 6.31. The molecule has 0 fully saturated rings. The third-order valence-corrected chi connectivity index (χ3v) is 3.40. The molecule has 2 aromatic heterocycles. The summed E-state index contributed by atoms with van der Waals surface area (Å²) in [6, 6.07) is 2.02. The summed E-state index contributed by atoms with van der Waals surface area (Å²) in [4.78, 5) is 0. The zero-order chi connectivity index (χ0) is 13.8. The molecule has 0 saturated heterocycles. The molecule has 0 aliphatic heterocycles. The van der Waals surface area contributed by atoms with Gasteiger partial charge in [0.05, 0.1) is 28.6 Å². The molecule has 0 aromatic carbocycles. The van der Waals surface area contributed by atoms with Gasteiger partial charge in [0.1, 0.15) is 0 Å². The average Bonchev–Trinajstić information content (AvgIpc) is 2.95. The number of aromatic nitrogens is 4. The van der Waals surface area contributed by atoms with Crippen molar-refractivity contribution in [3.63, 3.8) is 0 Å². The van der Waals surface area contributed by atoms with Crippen LogP contribution in [0.1, 0.15) is 37.7 Å². The molecule has 2 aromatic rings. The van der Waals surface area contributed by atoms with Gasteiger partial charge < -0.3 is 5.32 Å². The van der Waals surface area contributed by atoms with Crippen LogP contribution in [0, 0.1) is 0 Å². The van der Waals surface area contributed by atoms with Gasteiger partial charge in [0.2, 0.25) is 0 Å². The normalized spacial score (nSPS) is 12.8. The Morgan fingerprint density at radius 1 is 1.37 bits per heavy atom. The average molecular weight is 282 g/mol. The summed E-state index contributed by atoms with van der Waals surface area (Å²) in [7, 11) is 1.94. The lowest BCUT2D eigenvalue weighted by atomic mass is 10.1. The van der Waals surface area contributed by atoms with Gasteiger partial charge in [0, 0.05) is 19.8 Å². The lowest BCUT2D eigenvalue weighted by Crippen LogP contribution is -2.27. The molecule has 104 valence electrons. The molecule has 2 heterocycles. The number of nitrogens with one attached hydrogen (secondary N) is 1. The Bertz CT molecular complexity index is 531. The number of rotatable bonds is 6. The summed E-state index contributed by atoms with van der Waals surface area (Å²) in [5, 5.41) is 12.8. The molecule has 0 bridgehead atoms. The maximum atomic E-state index is 6.33. The maximum absolute atomic E-state index is 6.33. The van der Waals surface area contributed by atoms with Crippen LogP contribution in [-0.2, 0) is 13.6 Å². The van der Waals surface area contributed by atoms with Gasteiger partial charge in [-0.1, -0.05) is 25.4 Å². The van der Waals surface area contributed by atoms with E-state index in [-0.39, 0.29) is 6.04 Å². The molecule has 19 heavy (non-hydrogen) atoms. The van der Waals surface area contributed by atoms with Crippen LogP contribution >= 0.6 is 11.6 Å². The standard InChI is InChI=1S/C13H20ClN5/c1-4-8-19-13(10(14)9-17-19)12(15-5-2)11-6-7-16-18(11)3/h6-7,9,12,15H,4-5,8H2,1-3H3. The molecule has 1 atom stereocenters. The van der Waals surface area contributed by atoms with Crippen LogP contribution in [0.3, 0.4) is 0 Å². The monoisotopic (exact) mass is 281 g/mol. The van der Waals surface area contributed by atoms with Gasteiger partial charge >= 0.3 is 0 Å². The van der Waals surface area contributed by atoms with Crippen LogP contribution in [0.4, 0.5) is 0 Å². The Morgan fingerprint density at radius 3 is 2.74 bits per heavy atom. The number of hydrogen-bond donors (Lipinski definition) is 1. The third kappa shape index (κ3) is 2.82. The second-order valence-corrected chi connectivity index (χ2v) is 4.88. The van der Waals surface area contributed by atoms with Gasteiger partial charge in [-0.15, -0.1) is 0 Å². The number of nitrogens with zero attached hydrogens (tertiary/aromatic N) is 4. The van der Waals surface area contributed by atoms with E-state index in [4.69, 9.17) is 11.6 Å². The highest BCUT2D eigenvalue weighted by Crippen LogP contribution is 2.28. The minimum Gasteiger partial charge on any atom is -0.304 e. The summed E-state index contributed by atoms with van der Waals surface area (Å²) in [6.07, 6.45) is 4.54. The number of aryl methyl sites for hydroxylation is 2. The maximum Gasteiger partial charge on any atom is 0.0933 e. The molecule has 0 aliphatic rings. The van der Waals surface area contributed by atoms with Crippen molar-refractivity contribution in [2.75, 3.05) is 6.54 Å². The third-order valence-electron chi connectivity index (χ3n) is 3.10. The topological polar surface area (TPSA) is 47.7 Å².